The van der Waals surface area contributed by atoms with Gasteiger partial charge in [0.05, 0.1) is 5.69 Å². The monoisotopic (exact) mass is 587 g/mol. The number of amides is 3. The second-order valence-electron chi connectivity index (χ2n) is 10.6. The number of nitrogens with one attached hydrogen (secondary N) is 1. The Morgan fingerprint density at radius 3 is 2.22 bits per heavy atom. The van der Waals surface area contributed by atoms with Crippen LogP contribution in [0, 0.1) is 5.92 Å². The molecule has 1 heterocycles. The maximum Gasteiger partial charge on any atom is 0.259 e. The average molecular weight is 589 g/mol. The van der Waals surface area contributed by atoms with Crippen LogP contribution < -0.4 is 10.2 Å². The van der Waals surface area contributed by atoms with Crippen molar-refractivity contribution in [3.63, 3.8) is 0 Å². The molecule has 0 fully saturated rings. The first-order valence-electron chi connectivity index (χ1n) is 13.6. The summed E-state index contributed by atoms with van der Waals surface area (Å²) in [6.07, 6.45) is 0.280. The number of nitrogens with zero attached hydrogens (tertiary/aromatic N) is 2. The van der Waals surface area contributed by atoms with E-state index in [4.69, 9.17) is 23.2 Å². The van der Waals surface area contributed by atoms with Crippen LogP contribution in [0.3, 0.4) is 0 Å². The van der Waals surface area contributed by atoms with Crippen molar-refractivity contribution in [1.29, 1.82) is 0 Å². The summed E-state index contributed by atoms with van der Waals surface area (Å²) in [5, 5.41) is 5.55. The summed E-state index contributed by atoms with van der Waals surface area (Å²) in [7, 11) is 0. The van der Waals surface area contributed by atoms with Crippen LogP contribution in [0.1, 0.15) is 35.3 Å². The molecule has 41 heavy (non-hydrogen) atoms. The molecule has 4 aromatic rings. The first-order chi connectivity index (χ1) is 19.7. The van der Waals surface area contributed by atoms with Crippen LogP contribution in [0.25, 0.3) is 10.8 Å². The minimum absolute atomic E-state index is 0.00309. The van der Waals surface area contributed by atoms with Crippen LogP contribution in [0.2, 0.25) is 10.0 Å². The highest BCUT2D eigenvalue weighted by molar-refractivity contribution is 6.36. The summed E-state index contributed by atoms with van der Waals surface area (Å²) in [6, 6.07) is 25.1. The smallest absolute Gasteiger partial charge is 0.259 e. The van der Waals surface area contributed by atoms with Crippen molar-refractivity contribution < 1.29 is 14.4 Å². The summed E-state index contributed by atoms with van der Waals surface area (Å²) in [5.41, 5.74) is 2.67. The van der Waals surface area contributed by atoms with Gasteiger partial charge in [-0.1, -0.05) is 97.7 Å². The number of anilines is 1. The first-order valence-corrected chi connectivity index (χ1v) is 14.4. The summed E-state index contributed by atoms with van der Waals surface area (Å²) in [6.45, 7) is 4.24. The predicted octanol–water partition coefficient (Wildman–Crippen LogP) is 6.52. The highest BCUT2D eigenvalue weighted by Crippen LogP contribution is 2.37. The highest BCUT2D eigenvalue weighted by atomic mass is 35.5. The van der Waals surface area contributed by atoms with Crippen molar-refractivity contribution in [1.82, 2.24) is 10.2 Å². The predicted molar refractivity (Wildman–Crippen MR) is 164 cm³/mol. The van der Waals surface area contributed by atoms with E-state index < -0.39 is 6.04 Å². The first kappa shape index (κ1) is 28.7. The minimum atomic E-state index is -0.869. The van der Waals surface area contributed by atoms with Crippen molar-refractivity contribution in [3.05, 3.63) is 112 Å². The molecular formula is C33H31Cl2N3O3. The molecule has 1 unspecified atom stereocenters. The molecule has 0 aliphatic carbocycles. The fraction of sp³-hybridized carbons (Fsp3) is 0.242. The molecule has 1 N–H and O–H groups in total. The van der Waals surface area contributed by atoms with Crippen LogP contribution in [0.15, 0.2) is 84.9 Å². The number of hydrogen-bond acceptors (Lipinski definition) is 3. The number of hydrogen-bond donors (Lipinski definition) is 1. The van der Waals surface area contributed by atoms with Crippen molar-refractivity contribution in [2.75, 3.05) is 18.0 Å². The Morgan fingerprint density at radius 1 is 0.878 bits per heavy atom. The lowest BCUT2D eigenvalue weighted by atomic mass is 10.0. The Hall–Kier alpha value is -3.87. The summed E-state index contributed by atoms with van der Waals surface area (Å²) in [4.78, 5) is 44.5. The highest BCUT2D eigenvalue weighted by Gasteiger charge is 2.36. The lowest BCUT2D eigenvalue weighted by molar-refractivity contribution is -0.140. The molecule has 0 spiro atoms. The van der Waals surface area contributed by atoms with Crippen LogP contribution in [-0.4, -0.2) is 41.8 Å². The molecule has 0 radical (unpaired) electrons. The molecule has 1 aliphatic rings. The molecule has 0 bridgehead atoms. The second-order valence-corrected chi connectivity index (χ2v) is 11.5. The zero-order chi connectivity index (χ0) is 29.1. The fourth-order valence-corrected chi connectivity index (χ4v) is 5.71. The third kappa shape index (κ3) is 6.09. The largest absolute Gasteiger partial charge is 0.354 e. The quantitative estimate of drug-likeness (QED) is 0.229. The molecule has 0 saturated carbocycles. The van der Waals surface area contributed by atoms with E-state index in [1.165, 1.54) is 9.80 Å². The Bertz CT molecular complexity index is 1580. The van der Waals surface area contributed by atoms with Gasteiger partial charge in [0.2, 0.25) is 11.8 Å². The number of rotatable bonds is 10. The van der Waals surface area contributed by atoms with Gasteiger partial charge < -0.3 is 10.2 Å². The van der Waals surface area contributed by atoms with Crippen molar-refractivity contribution in [2.45, 2.75) is 32.9 Å². The molecule has 6 nitrogen and oxygen atoms in total. The molecule has 0 saturated heterocycles. The maximum atomic E-state index is 14.3. The van der Waals surface area contributed by atoms with Crippen molar-refractivity contribution >= 4 is 57.4 Å². The Morgan fingerprint density at radius 2 is 1.54 bits per heavy atom. The van der Waals surface area contributed by atoms with Crippen LogP contribution in [0.4, 0.5) is 5.69 Å². The third-order valence-electron chi connectivity index (χ3n) is 7.29. The SMILES string of the molecule is CC(C)CNC(=O)C(Cc1ccccc1)N(Cc1c(Cl)cccc1Cl)C(=O)CN1C(=O)c2cccc3cccc1c23. The van der Waals surface area contributed by atoms with Crippen molar-refractivity contribution in [2.24, 2.45) is 5.92 Å². The summed E-state index contributed by atoms with van der Waals surface area (Å²) >= 11 is 13.1. The number of carbonyl (C=O) groups is 3. The molecule has 210 valence electrons. The van der Waals surface area contributed by atoms with Gasteiger partial charge in [-0.2, -0.15) is 0 Å². The lowest BCUT2D eigenvalue weighted by Gasteiger charge is -2.33. The molecule has 1 aliphatic heterocycles. The molecule has 3 amide bonds. The normalized spacial score (nSPS) is 13.1. The summed E-state index contributed by atoms with van der Waals surface area (Å²) in [5.74, 6) is -0.693. The fourth-order valence-electron chi connectivity index (χ4n) is 5.19. The lowest BCUT2D eigenvalue weighted by Crippen LogP contribution is -2.53. The number of carbonyl (C=O) groups excluding carboxylic acids is 3. The second kappa shape index (κ2) is 12.3. The molecule has 0 aromatic heterocycles. The van der Waals surface area contributed by atoms with E-state index in [1.807, 2.05) is 74.5 Å². The number of benzene rings is 4. The Labute approximate surface area is 249 Å². The Kier molecular flexibility index (Phi) is 8.62. The van der Waals surface area contributed by atoms with Gasteiger partial charge >= 0.3 is 0 Å². The van der Waals surface area contributed by atoms with Gasteiger partial charge in [-0.25, -0.2) is 0 Å². The zero-order valence-corrected chi connectivity index (χ0v) is 24.5. The topological polar surface area (TPSA) is 69.7 Å². The zero-order valence-electron chi connectivity index (χ0n) is 22.9. The maximum absolute atomic E-state index is 14.3. The summed E-state index contributed by atoms with van der Waals surface area (Å²) < 4.78 is 0. The molecule has 5 rings (SSSR count). The number of halogens is 2. The van der Waals surface area contributed by atoms with Crippen LogP contribution in [-0.2, 0) is 22.6 Å². The van der Waals surface area contributed by atoms with Crippen LogP contribution in [0.5, 0.6) is 0 Å². The van der Waals surface area contributed by atoms with E-state index in [0.717, 1.165) is 16.3 Å². The van der Waals surface area contributed by atoms with E-state index in [2.05, 4.69) is 5.32 Å². The van der Waals surface area contributed by atoms with E-state index in [9.17, 15) is 14.4 Å². The van der Waals surface area contributed by atoms with Crippen LogP contribution >= 0.6 is 23.2 Å². The van der Waals surface area contributed by atoms with Gasteiger partial charge in [0.25, 0.3) is 5.91 Å². The van der Waals surface area contributed by atoms with E-state index in [0.29, 0.717) is 33.4 Å². The van der Waals surface area contributed by atoms with E-state index >= 15 is 0 Å². The van der Waals surface area contributed by atoms with Gasteiger partial charge in [-0.15, -0.1) is 0 Å². The molecule has 1 atom stereocenters. The Balaban J connectivity index is 1.53. The van der Waals surface area contributed by atoms with Gasteiger partial charge in [0.15, 0.2) is 0 Å². The van der Waals surface area contributed by atoms with Gasteiger partial charge in [-0.05, 0) is 41.1 Å². The van der Waals surface area contributed by atoms with Gasteiger partial charge in [0, 0.05) is 46.1 Å². The standard InChI is InChI=1S/C33H31Cl2N3O3/c1-21(2)18-36-32(40)29(17-22-9-4-3-5-10-22)37(19-25-26(34)14-8-15-27(25)35)30(39)20-38-28-16-7-12-23-11-6-13-24(31(23)28)33(38)41/h3-16,21,29H,17-20H2,1-2H3,(H,36,40). The van der Waals surface area contributed by atoms with Gasteiger partial charge in [-0.3, -0.25) is 19.3 Å². The van der Waals surface area contributed by atoms with E-state index in [1.54, 1.807) is 24.3 Å². The average Bonchev–Trinajstić information content (AvgIpc) is 3.23. The minimum Gasteiger partial charge on any atom is -0.354 e. The molecule has 8 heteroatoms. The molecule has 4 aromatic carbocycles. The third-order valence-corrected chi connectivity index (χ3v) is 8.00. The van der Waals surface area contributed by atoms with Crippen molar-refractivity contribution in [3.8, 4) is 0 Å². The van der Waals surface area contributed by atoms with Gasteiger partial charge in [0.1, 0.15) is 12.6 Å². The van der Waals surface area contributed by atoms with E-state index in [-0.39, 0.29) is 43.1 Å². The molecular weight excluding hydrogens is 557 g/mol.